The smallest absolute Gasteiger partial charge is 0.368 e. The first-order chi connectivity index (χ1) is 9.65. The first-order valence-corrected chi connectivity index (χ1v) is 6.09. The van der Waals surface area contributed by atoms with Crippen molar-refractivity contribution in [2.75, 3.05) is 0 Å². The Morgan fingerprint density at radius 3 is 3.16 bits per heavy atom. The molecule has 0 saturated heterocycles. The molecule has 0 aromatic carbocycles. The van der Waals surface area contributed by atoms with Crippen LogP contribution >= 0.6 is 11.5 Å². The number of H-pyrrole nitrogens is 1. The van der Waals surface area contributed by atoms with Crippen molar-refractivity contribution in [1.29, 1.82) is 0 Å². The van der Waals surface area contributed by atoms with Crippen molar-refractivity contribution in [3.05, 3.63) is 33.8 Å². The lowest BCUT2D eigenvalue weighted by Crippen LogP contribution is -2.22. The van der Waals surface area contributed by atoms with Crippen molar-refractivity contribution in [3.63, 3.8) is 0 Å². The van der Waals surface area contributed by atoms with Crippen LogP contribution in [-0.2, 0) is 13.7 Å². The Labute approximate surface area is 112 Å². The summed E-state index contributed by atoms with van der Waals surface area (Å²) in [4.78, 5) is 11.8. The van der Waals surface area contributed by atoms with E-state index in [1.807, 2.05) is 0 Å². The number of tetrazole rings is 1. The van der Waals surface area contributed by atoms with Gasteiger partial charge in [-0.25, -0.2) is 4.79 Å². The number of nitrogens with zero attached hydrogens (tertiary/aromatic N) is 6. The first kappa shape index (κ1) is 10.4. The van der Waals surface area contributed by atoms with Gasteiger partial charge < -0.3 is 4.74 Å². The fourth-order valence-corrected chi connectivity index (χ4v) is 2.09. The molecule has 0 amide bonds. The fourth-order valence-electron chi connectivity index (χ4n) is 1.43. The van der Waals surface area contributed by atoms with E-state index in [1.54, 1.807) is 11.4 Å². The fraction of sp³-hybridized carbons (Fsp3) is 0.222. The Balaban J connectivity index is 1.83. The van der Waals surface area contributed by atoms with E-state index in [0.29, 0.717) is 17.3 Å². The second-order valence-corrected chi connectivity index (χ2v) is 4.23. The van der Waals surface area contributed by atoms with Gasteiger partial charge >= 0.3 is 5.69 Å². The molecule has 3 rings (SSSR count). The third kappa shape index (κ3) is 2.12. The van der Waals surface area contributed by atoms with Gasteiger partial charge in [-0.2, -0.15) is 13.7 Å². The van der Waals surface area contributed by atoms with Gasteiger partial charge in [-0.05, 0) is 22.0 Å². The molecule has 19 heavy (non-hydrogen) atoms. The molecule has 0 aliphatic carbocycles. The molecule has 0 radical (unpaired) electrons. The number of rotatable bonds is 4. The van der Waals surface area contributed by atoms with Gasteiger partial charge in [0.25, 0.3) is 0 Å². The lowest BCUT2D eigenvalue weighted by molar-refractivity contribution is 0.289. The molecule has 0 bridgehead atoms. The summed E-state index contributed by atoms with van der Waals surface area (Å²) in [5.74, 6) is 0.311. The van der Waals surface area contributed by atoms with Crippen LogP contribution in [0.25, 0.3) is 5.69 Å². The average Bonchev–Trinajstić information content (AvgIpc) is 3.11. The quantitative estimate of drug-likeness (QED) is 0.705. The van der Waals surface area contributed by atoms with Crippen LogP contribution in [-0.4, -0.2) is 34.4 Å². The van der Waals surface area contributed by atoms with Gasteiger partial charge in [0.2, 0.25) is 5.88 Å². The third-order valence-electron chi connectivity index (χ3n) is 2.37. The minimum Gasteiger partial charge on any atom is -0.470 e. The molecule has 98 valence electrons. The molecule has 3 heterocycles. The molecule has 3 aromatic rings. The zero-order valence-electron chi connectivity index (χ0n) is 10.8. The van der Waals surface area contributed by atoms with E-state index < -0.39 is 0 Å². The van der Waals surface area contributed by atoms with Crippen LogP contribution in [0.5, 0.6) is 5.88 Å². The molecule has 0 saturated carbocycles. The van der Waals surface area contributed by atoms with Crippen LogP contribution < -0.4 is 10.4 Å². The lowest BCUT2D eigenvalue weighted by atomic mass is 10.4. The highest BCUT2D eigenvalue weighted by molar-refractivity contribution is 7.04. The molecule has 0 spiro atoms. The van der Waals surface area contributed by atoms with Crippen LogP contribution in [0.4, 0.5) is 0 Å². The number of ether oxygens (including phenoxy) is 1. The van der Waals surface area contributed by atoms with E-state index in [0.717, 1.165) is 14.5 Å². The Kier molecular flexibility index (Phi) is 2.55. The van der Waals surface area contributed by atoms with E-state index in [-0.39, 0.29) is 12.3 Å². The summed E-state index contributed by atoms with van der Waals surface area (Å²) in [7, 11) is 1.52. The number of hydrogen-bond acceptors (Lipinski definition) is 7. The Bertz CT molecular complexity index is 788. The van der Waals surface area contributed by atoms with E-state index in [4.69, 9.17) is 6.15 Å². The molecule has 10 heteroatoms. The van der Waals surface area contributed by atoms with Crippen LogP contribution in [0, 0.1) is 0 Å². The summed E-state index contributed by atoms with van der Waals surface area (Å²) in [6, 6.07) is 1.56. The zero-order chi connectivity index (χ0) is 14.1. The molecule has 0 aliphatic heterocycles. The van der Waals surface area contributed by atoms with E-state index in [1.165, 1.54) is 24.8 Å². The molecule has 1 N–H and O–H groups in total. The van der Waals surface area contributed by atoms with Crippen molar-refractivity contribution < 1.29 is 6.15 Å². The van der Waals surface area contributed by atoms with E-state index in [2.05, 4.69) is 19.9 Å². The highest BCUT2D eigenvalue weighted by Gasteiger charge is 2.14. The third-order valence-corrected chi connectivity index (χ3v) is 3.02. The second kappa shape index (κ2) is 4.65. The highest BCUT2D eigenvalue weighted by atomic mass is 32.1. The summed E-state index contributed by atoms with van der Waals surface area (Å²) in [6.07, 6.45) is 1.45. The summed E-state index contributed by atoms with van der Waals surface area (Å²) in [5, 5.41) is 13.8. The van der Waals surface area contributed by atoms with Gasteiger partial charge in [0.05, 0.1) is 0 Å². The summed E-state index contributed by atoms with van der Waals surface area (Å²) in [5.41, 5.74) is 0.720. The Morgan fingerprint density at radius 2 is 2.47 bits per heavy atom. The monoisotopic (exact) mass is 281 g/mol. The zero-order valence-corrected chi connectivity index (χ0v) is 10.6. The summed E-state index contributed by atoms with van der Waals surface area (Å²) >= 11 is 1.19. The predicted octanol–water partition coefficient (Wildman–Crippen LogP) is -0.275. The average molecular weight is 281 g/mol. The lowest BCUT2D eigenvalue weighted by Gasteiger charge is -2.01. The minimum atomic E-state index is -0.359. The SMILES string of the molecule is [3H]n1ccc(OCc2nscc2-n2nnn(C)c2=O)n1. The van der Waals surface area contributed by atoms with Gasteiger partial charge in [-0.1, -0.05) is 0 Å². The van der Waals surface area contributed by atoms with Crippen LogP contribution in [0.2, 0.25) is 1.41 Å². The molecule has 0 aliphatic rings. The minimum absolute atomic E-state index is 0.124. The Hall–Kier alpha value is -2.49. The van der Waals surface area contributed by atoms with Crippen molar-refractivity contribution in [2.24, 2.45) is 7.05 Å². The normalized spacial score (nSPS) is 11.5. The number of aryl methyl sites for hydroxylation is 1. The molecule has 0 fully saturated rings. The molecule has 0 atom stereocenters. The Morgan fingerprint density at radius 1 is 1.58 bits per heavy atom. The maximum Gasteiger partial charge on any atom is 0.368 e. The van der Waals surface area contributed by atoms with Crippen molar-refractivity contribution >= 4 is 11.5 Å². The molecule has 0 unspecified atom stereocenters. The topological polar surface area (TPSA) is 104 Å². The predicted molar refractivity (Wildman–Crippen MR) is 65.2 cm³/mol. The molecular formula is C9H9N7O2S. The number of nitrogens with one attached hydrogen (secondary N) is 1. The number of hydrogen-bond donors (Lipinski definition) is 1. The molecule has 3 aromatic heterocycles. The van der Waals surface area contributed by atoms with Crippen molar-refractivity contribution in [1.82, 2.24) is 34.4 Å². The van der Waals surface area contributed by atoms with Crippen LogP contribution in [0.3, 0.4) is 0 Å². The van der Waals surface area contributed by atoms with Crippen molar-refractivity contribution in [2.45, 2.75) is 6.61 Å². The maximum atomic E-state index is 11.8. The standard InChI is InChI=1S/C9H9N7O2S/c1-15-9(17)16(14-13-15)7-5-19-12-6(7)4-18-8-2-3-10-11-8/h2-3,5H,4H2,1H3,(H,10,11)/i/hT. The van der Waals surface area contributed by atoms with Gasteiger partial charge in [0, 0.05) is 24.7 Å². The molecule has 9 nitrogen and oxygen atoms in total. The van der Waals surface area contributed by atoms with Gasteiger partial charge in [0.15, 0.2) is 1.41 Å². The van der Waals surface area contributed by atoms with Gasteiger partial charge in [-0.3, -0.25) is 5.09 Å². The van der Waals surface area contributed by atoms with Crippen LogP contribution in [0.1, 0.15) is 5.69 Å². The first-order valence-electron chi connectivity index (χ1n) is 5.70. The number of aromatic amines is 1. The van der Waals surface area contributed by atoms with Crippen molar-refractivity contribution in [3.8, 4) is 11.6 Å². The largest absolute Gasteiger partial charge is 0.470 e. The van der Waals surface area contributed by atoms with Gasteiger partial charge in [0.1, 0.15) is 18.0 Å². The molecular weight excluding hydrogens is 270 g/mol. The van der Waals surface area contributed by atoms with Crippen LogP contribution in [0.15, 0.2) is 22.4 Å². The summed E-state index contributed by atoms with van der Waals surface area (Å²) < 4.78 is 19.1. The number of aromatic nitrogens is 7. The summed E-state index contributed by atoms with van der Waals surface area (Å²) in [6.45, 7) is 0.124. The highest BCUT2D eigenvalue weighted by Crippen LogP contribution is 2.15. The maximum absolute atomic E-state index is 11.8. The van der Waals surface area contributed by atoms with E-state index >= 15 is 0 Å². The van der Waals surface area contributed by atoms with Gasteiger partial charge in [-0.15, -0.1) is 5.10 Å². The second-order valence-electron chi connectivity index (χ2n) is 3.60. The van der Waals surface area contributed by atoms with E-state index in [9.17, 15) is 4.79 Å².